The highest BCUT2D eigenvalue weighted by molar-refractivity contribution is 6.33. The maximum atomic E-state index is 9.81. The Kier molecular flexibility index (Phi) is 6.75. The van der Waals surface area contributed by atoms with E-state index >= 15 is 0 Å². The van der Waals surface area contributed by atoms with Crippen LogP contribution in [0.15, 0.2) is 24.3 Å². The van der Waals surface area contributed by atoms with Crippen LogP contribution < -0.4 is 0 Å². The zero-order valence-corrected chi connectivity index (χ0v) is 8.88. The van der Waals surface area contributed by atoms with Crippen molar-refractivity contribution in [1.82, 2.24) is 0 Å². The van der Waals surface area contributed by atoms with Crippen molar-refractivity contribution < 1.29 is 10.6 Å². The molecule has 0 nitrogen and oxygen atoms in total. The highest BCUT2D eigenvalue weighted by atomic mass is 27.3. The topological polar surface area (TPSA) is 0 Å². The van der Waals surface area contributed by atoms with Crippen molar-refractivity contribution in [2.45, 2.75) is 20.3 Å². The number of rotatable bonds is 1. The summed E-state index contributed by atoms with van der Waals surface area (Å²) in [7, 11) is 0. The Morgan fingerprint density at radius 2 is 1.46 bits per heavy atom. The second kappa shape index (κ2) is 6.99. The standard InChI is InChI=1S/C9H12.Al.3FH/c1-3-9-6-4-8(2)5-7-9;;;;/h4-7H,3H2,1-2H3;;3*1H/q;+3;;;/p-3. The first-order valence-electron chi connectivity index (χ1n) is 4.04. The predicted octanol–water partition coefficient (Wildman–Crippen LogP) is 3.44. The minimum absolute atomic E-state index is 1.14. The predicted molar refractivity (Wildman–Crippen MR) is 49.6 cm³/mol. The van der Waals surface area contributed by atoms with E-state index in [1.165, 1.54) is 11.1 Å². The molecule has 0 spiro atoms. The van der Waals surface area contributed by atoms with E-state index in [0.717, 1.165) is 6.42 Å². The van der Waals surface area contributed by atoms with Gasteiger partial charge in [0.05, 0.1) is 0 Å². The first-order chi connectivity index (χ1) is 6.06. The molecule has 0 aliphatic rings. The van der Waals surface area contributed by atoms with E-state index in [9.17, 15) is 10.6 Å². The summed E-state index contributed by atoms with van der Waals surface area (Å²) in [5.41, 5.74) is 2.76. The van der Waals surface area contributed by atoms with Crippen LogP contribution in [0.3, 0.4) is 0 Å². The molecule has 0 aliphatic carbocycles. The van der Waals surface area contributed by atoms with E-state index in [4.69, 9.17) is 0 Å². The number of benzene rings is 1. The molecule has 1 aromatic rings. The van der Waals surface area contributed by atoms with Crippen LogP contribution in [0.1, 0.15) is 18.1 Å². The zero-order valence-electron chi connectivity index (χ0n) is 7.73. The van der Waals surface area contributed by atoms with Gasteiger partial charge in [-0.3, -0.25) is 0 Å². The molecule has 0 amide bonds. The summed E-state index contributed by atoms with van der Waals surface area (Å²) in [5.74, 6) is 0. The van der Waals surface area contributed by atoms with Crippen molar-refractivity contribution in [3.05, 3.63) is 35.4 Å². The van der Waals surface area contributed by atoms with Gasteiger partial charge in [-0.15, -0.1) is 0 Å². The molecule has 1 aromatic carbocycles. The van der Waals surface area contributed by atoms with E-state index in [-0.39, 0.29) is 0 Å². The summed E-state index contributed by atoms with van der Waals surface area (Å²) >= 11 is -4.64. The number of hydrogen-bond acceptors (Lipinski definition) is 0. The van der Waals surface area contributed by atoms with Gasteiger partial charge in [0.1, 0.15) is 0 Å². The van der Waals surface area contributed by atoms with Crippen LogP contribution in [0.2, 0.25) is 0 Å². The second-order valence-electron chi connectivity index (χ2n) is 2.59. The lowest BCUT2D eigenvalue weighted by Gasteiger charge is -1.94. The molecule has 72 valence electrons. The summed E-state index contributed by atoms with van der Waals surface area (Å²) in [4.78, 5) is 0. The van der Waals surface area contributed by atoms with Crippen molar-refractivity contribution in [2.75, 3.05) is 0 Å². The molecular formula is C9H12AlF3. The minimum atomic E-state index is -4.64. The summed E-state index contributed by atoms with van der Waals surface area (Å²) in [6.45, 7) is 4.28. The van der Waals surface area contributed by atoms with E-state index in [1.54, 1.807) is 0 Å². The minimum Gasteiger partial charge on any atom is -0.346 e. The van der Waals surface area contributed by atoms with E-state index in [2.05, 4.69) is 38.1 Å². The average molecular weight is 204 g/mol. The Balaban J connectivity index is 0.000000310. The van der Waals surface area contributed by atoms with Gasteiger partial charge in [-0.2, -0.15) is 0 Å². The third kappa shape index (κ3) is 7.89. The SMILES string of the molecule is CCc1ccc(C)cc1.[F][Al]([F])[F]. The van der Waals surface area contributed by atoms with Gasteiger partial charge < -0.3 is 10.6 Å². The van der Waals surface area contributed by atoms with Gasteiger partial charge in [0, 0.05) is 0 Å². The molecular weight excluding hydrogens is 192 g/mol. The van der Waals surface area contributed by atoms with Crippen molar-refractivity contribution >= 4 is 15.5 Å². The van der Waals surface area contributed by atoms with Gasteiger partial charge in [0.15, 0.2) is 0 Å². The fourth-order valence-corrected chi connectivity index (χ4v) is 0.824. The third-order valence-electron chi connectivity index (χ3n) is 1.53. The maximum absolute atomic E-state index is 9.81. The van der Waals surface area contributed by atoms with Gasteiger partial charge in [-0.05, 0) is 18.9 Å². The second-order valence-corrected chi connectivity index (χ2v) is 3.08. The lowest BCUT2D eigenvalue weighted by Crippen LogP contribution is -1.77. The quantitative estimate of drug-likeness (QED) is 0.615. The van der Waals surface area contributed by atoms with Gasteiger partial charge in [-0.1, -0.05) is 36.8 Å². The Bertz CT molecular complexity index is 218. The molecule has 0 heterocycles. The lowest BCUT2D eigenvalue weighted by atomic mass is 10.1. The summed E-state index contributed by atoms with van der Waals surface area (Å²) in [6, 6.07) is 8.66. The molecule has 0 N–H and O–H groups in total. The number of hydrogen-bond donors (Lipinski definition) is 0. The van der Waals surface area contributed by atoms with E-state index in [0.29, 0.717) is 0 Å². The van der Waals surface area contributed by atoms with Crippen LogP contribution in [0.5, 0.6) is 0 Å². The van der Waals surface area contributed by atoms with Crippen LogP contribution in [0, 0.1) is 6.92 Å². The maximum Gasteiger partial charge on any atom is 1.04 e. The van der Waals surface area contributed by atoms with Crippen molar-refractivity contribution in [3.8, 4) is 0 Å². The fourth-order valence-electron chi connectivity index (χ4n) is 0.824. The first kappa shape index (κ1) is 12.5. The highest BCUT2D eigenvalue weighted by Crippen LogP contribution is 2.02. The van der Waals surface area contributed by atoms with Crippen LogP contribution in [0.25, 0.3) is 0 Å². The average Bonchev–Trinajstić information content (AvgIpc) is 2.05. The normalized spacial score (nSPS) is 8.69. The Hall–Kier alpha value is -0.458. The molecule has 0 saturated heterocycles. The smallest absolute Gasteiger partial charge is 0.346 e. The molecule has 0 unspecified atom stereocenters. The van der Waals surface area contributed by atoms with Crippen molar-refractivity contribution in [1.29, 1.82) is 0 Å². The van der Waals surface area contributed by atoms with Crippen LogP contribution >= 0.6 is 0 Å². The number of halogens is 3. The summed E-state index contributed by atoms with van der Waals surface area (Å²) in [5, 5.41) is 0. The van der Waals surface area contributed by atoms with Crippen LogP contribution in [-0.4, -0.2) is 15.5 Å². The van der Waals surface area contributed by atoms with Gasteiger partial charge in [0.25, 0.3) is 0 Å². The molecule has 1 rings (SSSR count). The molecule has 0 atom stereocenters. The number of aryl methyl sites for hydroxylation is 2. The van der Waals surface area contributed by atoms with Crippen molar-refractivity contribution in [2.24, 2.45) is 0 Å². The molecule has 0 aliphatic heterocycles. The molecule has 0 bridgehead atoms. The van der Waals surface area contributed by atoms with Gasteiger partial charge >= 0.3 is 15.5 Å². The zero-order chi connectivity index (χ0) is 10.3. The Morgan fingerprint density at radius 3 is 1.77 bits per heavy atom. The van der Waals surface area contributed by atoms with Crippen molar-refractivity contribution in [3.63, 3.8) is 0 Å². The van der Waals surface area contributed by atoms with Gasteiger partial charge in [0.2, 0.25) is 0 Å². The lowest BCUT2D eigenvalue weighted by molar-refractivity contribution is 0.535. The largest absolute Gasteiger partial charge is 1.04 e. The van der Waals surface area contributed by atoms with E-state index < -0.39 is 15.5 Å². The Morgan fingerprint density at radius 1 is 1.08 bits per heavy atom. The van der Waals surface area contributed by atoms with Gasteiger partial charge in [-0.25, -0.2) is 0 Å². The highest BCUT2D eigenvalue weighted by Gasteiger charge is 2.21. The molecule has 0 aromatic heterocycles. The molecule has 0 radical (unpaired) electrons. The molecule has 0 fully saturated rings. The molecule has 13 heavy (non-hydrogen) atoms. The monoisotopic (exact) mass is 204 g/mol. The Labute approximate surface area is 82.2 Å². The molecule has 4 heteroatoms. The van der Waals surface area contributed by atoms with Crippen LogP contribution in [0.4, 0.5) is 10.6 Å². The third-order valence-corrected chi connectivity index (χ3v) is 1.53. The van der Waals surface area contributed by atoms with E-state index in [1.807, 2.05) is 0 Å². The molecule has 0 saturated carbocycles. The summed E-state index contributed by atoms with van der Waals surface area (Å²) < 4.78 is 29.4. The first-order valence-corrected chi connectivity index (χ1v) is 5.35. The fraction of sp³-hybridized carbons (Fsp3) is 0.333. The van der Waals surface area contributed by atoms with Crippen LogP contribution in [-0.2, 0) is 6.42 Å². The summed E-state index contributed by atoms with van der Waals surface area (Å²) in [6.07, 6.45) is 1.14.